The largest absolute Gasteiger partial charge is 0.508 e. The van der Waals surface area contributed by atoms with E-state index in [2.05, 4.69) is 20.8 Å². The molecule has 338 valence electrons. The van der Waals surface area contributed by atoms with E-state index in [1.807, 2.05) is 18.7 Å². The van der Waals surface area contributed by atoms with E-state index in [4.69, 9.17) is 4.84 Å². The molecule has 3 unspecified atom stereocenters. The summed E-state index contributed by atoms with van der Waals surface area (Å²) in [4.78, 5) is 91.9. The van der Waals surface area contributed by atoms with Gasteiger partial charge in [0.05, 0.1) is 18.2 Å². The molecule has 1 aliphatic carbocycles. The Balaban J connectivity index is 1.10. The molecule has 0 saturated carbocycles. The number of nitrogens with one attached hydrogen (secondary N) is 2. The average Bonchev–Trinajstić information content (AvgIpc) is 3.86. The minimum Gasteiger partial charge on any atom is -0.508 e. The van der Waals surface area contributed by atoms with Crippen LogP contribution in [0, 0.1) is 0 Å². The Kier molecular flexibility index (Phi) is 11.9. The number of phenols is 2. The predicted molar refractivity (Wildman–Crippen MR) is 233 cm³/mol. The molecular weight excluding hydrogens is 839 g/mol. The van der Waals surface area contributed by atoms with Gasteiger partial charge in [0.1, 0.15) is 23.7 Å². The minimum atomic E-state index is -1.48. The highest BCUT2D eigenvalue weighted by molar-refractivity contribution is 6.03. The van der Waals surface area contributed by atoms with Gasteiger partial charge in [0.25, 0.3) is 17.7 Å². The summed E-state index contributed by atoms with van der Waals surface area (Å²) in [7, 11) is 1.32. The fourth-order valence-corrected chi connectivity index (χ4v) is 9.60. The molecule has 3 aliphatic heterocycles. The van der Waals surface area contributed by atoms with E-state index < -0.39 is 46.1 Å². The smallest absolute Gasteiger partial charge is 0.413 e. The van der Waals surface area contributed by atoms with E-state index in [1.54, 1.807) is 84.6 Å². The zero-order valence-corrected chi connectivity index (χ0v) is 36.4. The number of piperazine rings is 1. The Labute approximate surface area is 373 Å². The van der Waals surface area contributed by atoms with Crippen molar-refractivity contribution in [2.24, 2.45) is 0 Å². The van der Waals surface area contributed by atoms with E-state index >= 15 is 0 Å². The van der Waals surface area contributed by atoms with Crippen LogP contribution in [-0.2, 0) is 19.2 Å². The lowest BCUT2D eigenvalue weighted by Crippen LogP contribution is -2.69. The number of nitrogens with zero attached hydrogens (tertiary/aromatic N) is 7. The molecule has 1 aromatic heterocycles. The Morgan fingerprint density at radius 3 is 2.32 bits per heavy atom. The van der Waals surface area contributed by atoms with Crippen molar-refractivity contribution in [2.75, 3.05) is 51.3 Å². The summed E-state index contributed by atoms with van der Waals surface area (Å²) >= 11 is 0. The minimum absolute atomic E-state index is 0.00516. The van der Waals surface area contributed by atoms with Crippen molar-refractivity contribution >= 4 is 41.3 Å². The van der Waals surface area contributed by atoms with Crippen molar-refractivity contribution in [3.05, 3.63) is 107 Å². The maximum Gasteiger partial charge on any atom is 0.413 e. The molecule has 0 spiro atoms. The van der Waals surface area contributed by atoms with Gasteiger partial charge < -0.3 is 25.5 Å². The lowest BCUT2D eigenvalue weighted by molar-refractivity contribution is -1.04. The van der Waals surface area contributed by atoms with Crippen LogP contribution >= 0.6 is 0 Å². The number of piperidine rings is 1. The Morgan fingerprint density at radius 2 is 1.69 bits per heavy atom. The van der Waals surface area contributed by atoms with E-state index in [1.165, 1.54) is 22.6 Å². The highest BCUT2D eigenvalue weighted by atomic mass is 16.7. The second kappa shape index (κ2) is 17.4. The molecule has 0 radical (unpaired) electrons. The van der Waals surface area contributed by atoms with E-state index in [9.17, 15) is 44.1 Å². The first-order chi connectivity index (χ1) is 31.2. The highest BCUT2D eigenvalue weighted by Gasteiger charge is 2.64. The lowest BCUT2D eigenvalue weighted by Gasteiger charge is -2.53. The normalized spacial score (nSPS) is 22.3. The number of hydrogen-bond acceptors (Lipinski definition) is 12. The molecule has 65 heavy (non-hydrogen) atoms. The van der Waals surface area contributed by atoms with Gasteiger partial charge in [0.15, 0.2) is 5.82 Å². The second-order valence-corrected chi connectivity index (χ2v) is 16.6. The molecule has 5 N–H and O–H groups in total. The number of aromatic nitrogens is 3. The predicted octanol–water partition coefficient (Wildman–Crippen LogP) is 3.84. The van der Waals surface area contributed by atoms with Crippen molar-refractivity contribution in [1.29, 1.82) is 0 Å². The number of hydrogen-bond donors (Lipinski definition) is 5. The van der Waals surface area contributed by atoms with Crippen LogP contribution in [0.15, 0.2) is 90.0 Å². The SMILES string of the molecule is CCNC(=O)c1nnc(-c2cc(C(C)C)c(O)cc2O)n1-c1ccc(C(=O)N2CCN(C3(N(C(=O)O)c4ccccc4)CC=CC4=C3C[N+](OC)(C3CCC(=O)NC3=O)C4=O)CC2)cc1. The van der Waals surface area contributed by atoms with Gasteiger partial charge in [-0.3, -0.25) is 38.9 Å². The van der Waals surface area contributed by atoms with Crippen molar-refractivity contribution in [2.45, 2.75) is 57.7 Å². The van der Waals surface area contributed by atoms with Gasteiger partial charge in [-0.15, -0.1) is 10.2 Å². The van der Waals surface area contributed by atoms with Crippen molar-refractivity contribution in [1.82, 2.24) is 35.2 Å². The standard InChI is InChI=1S/C46H49N9O10/c1-5-47-42(60)40-50-49-39(33-24-32(27(2)3)36(56)25-37(33)57)53(40)29-15-13-28(14-16-29)43(61)51-20-22-52(23-21-51)46(54(45(63)64)30-10-7-6-8-11-30)19-9-12-31-34(46)26-55(65-4,44(31)62)35-17-18-38(58)48-41(35)59/h6-16,24-25,27,35H,5,17-23,26H2,1-4H3,(H4-,47,48,49,56,57,58,59,60,63,64)/p+1. The van der Waals surface area contributed by atoms with Crippen molar-refractivity contribution < 1.29 is 53.6 Å². The number of benzene rings is 3. The van der Waals surface area contributed by atoms with Crippen LogP contribution in [0.25, 0.3) is 17.1 Å². The molecule has 3 atom stereocenters. The van der Waals surface area contributed by atoms with Crippen LogP contribution in [0.4, 0.5) is 10.5 Å². The molecule has 2 saturated heterocycles. The summed E-state index contributed by atoms with van der Waals surface area (Å²) in [6.07, 6.45) is 2.32. The van der Waals surface area contributed by atoms with Gasteiger partial charge in [0, 0.05) is 80.6 Å². The van der Waals surface area contributed by atoms with Crippen LogP contribution in [0.1, 0.15) is 72.5 Å². The van der Waals surface area contributed by atoms with Crippen molar-refractivity contribution in [3.8, 4) is 28.6 Å². The van der Waals surface area contributed by atoms with Gasteiger partial charge in [-0.25, -0.2) is 9.59 Å². The van der Waals surface area contributed by atoms with E-state index in [-0.39, 0.29) is 98.1 Å². The van der Waals surface area contributed by atoms with Crippen molar-refractivity contribution in [3.63, 3.8) is 0 Å². The number of para-hydroxylation sites is 1. The van der Waals surface area contributed by atoms with Crippen LogP contribution in [-0.4, -0.2) is 138 Å². The number of aromatic hydroxyl groups is 2. The number of phenolic OH excluding ortho intramolecular Hbond substituents is 2. The number of hydroxylamine groups is 3. The molecule has 8 rings (SSSR count). The molecule has 0 bridgehead atoms. The maximum absolute atomic E-state index is 14.5. The first kappa shape index (κ1) is 44.4. The third-order valence-electron chi connectivity index (χ3n) is 12.8. The van der Waals surface area contributed by atoms with Crippen LogP contribution in [0.5, 0.6) is 11.5 Å². The molecule has 2 fully saturated rings. The molecule has 3 aromatic carbocycles. The number of carboxylic acid groups (broad SMARTS) is 1. The van der Waals surface area contributed by atoms with Crippen LogP contribution in [0.3, 0.4) is 0 Å². The topological polar surface area (TPSA) is 237 Å². The number of carbonyl (C=O) groups is 6. The molecule has 4 aliphatic rings. The number of rotatable bonds is 11. The summed E-state index contributed by atoms with van der Waals surface area (Å²) in [6.45, 7) is 6.43. The van der Waals surface area contributed by atoms with Crippen LogP contribution in [0.2, 0.25) is 0 Å². The van der Waals surface area contributed by atoms with Crippen LogP contribution < -0.4 is 15.5 Å². The third kappa shape index (κ3) is 7.49. The van der Waals surface area contributed by atoms with E-state index in [0.29, 0.717) is 34.6 Å². The molecular formula is C46H50N9O10+. The van der Waals surface area contributed by atoms with Gasteiger partial charge in [-0.1, -0.05) is 42.8 Å². The summed E-state index contributed by atoms with van der Waals surface area (Å²) in [6, 6.07) is 16.8. The highest BCUT2D eigenvalue weighted by Crippen LogP contribution is 2.48. The molecule has 6 amide bonds. The van der Waals surface area contributed by atoms with Gasteiger partial charge in [-0.2, -0.15) is 4.84 Å². The first-order valence-corrected chi connectivity index (χ1v) is 21.4. The summed E-state index contributed by atoms with van der Waals surface area (Å²) in [5, 5.41) is 46.0. The summed E-state index contributed by atoms with van der Waals surface area (Å²) in [5.74, 6) is -2.83. The Morgan fingerprint density at radius 1 is 0.985 bits per heavy atom. The zero-order chi connectivity index (χ0) is 46.4. The fourth-order valence-electron chi connectivity index (χ4n) is 9.60. The zero-order valence-electron chi connectivity index (χ0n) is 36.4. The number of amides is 6. The van der Waals surface area contributed by atoms with E-state index in [0.717, 1.165) is 0 Å². The molecule has 19 heteroatoms. The first-order valence-electron chi connectivity index (χ1n) is 21.4. The Hall–Kier alpha value is -7.22. The van der Waals surface area contributed by atoms with Gasteiger partial charge in [-0.05, 0) is 66.9 Å². The lowest BCUT2D eigenvalue weighted by atomic mass is 9.84. The van der Waals surface area contributed by atoms with Gasteiger partial charge >= 0.3 is 12.0 Å². The second-order valence-electron chi connectivity index (χ2n) is 16.6. The average molecular weight is 889 g/mol. The fraction of sp³-hybridized carbons (Fsp3) is 0.348. The molecule has 19 nitrogen and oxygen atoms in total. The maximum atomic E-state index is 14.5. The van der Waals surface area contributed by atoms with Gasteiger partial charge in [0.2, 0.25) is 17.8 Å². The Bertz CT molecular complexity index is 2650. The quantitative estimate of drug-likeness (QED) is 0.107. The number of imide groups is 1. The third-order valence-corrected chi connectivity index (χ3v) is 12.8. The summed E-state index contributed by atoms with van der Waals surface area (Å²) in [5.41, 5.74) is 1.07. The number of carbonyl (C=O) groups excluding carboxylic acids is 5. The number of anilines is 1. The monoisotopic (exact) mass is 888 g/mol. The number of quaternary nitrogens is 1. The molecule has 4 aromatic rings. The summed E-state index contributed by atoms with van der Waals surface area (Å²) < 4.78 is 0.699. The molecule has 4 heterocycles.